The van der Waals surface area contributed by atoms with Crippen LogP contribution in [0.15, 0.2) is 51.9 Å². The zero-order valence-corrected chi connectivity index (χ0v) is 15.6. The van der Waals surface area contributed by atoms with Crippen LogP contribution in [0.4, 0.5) is 4.39 Å². The van der Waals surface area contributed by atoms with Crippen molar-refractivity contribution in [1.82, 2.24) is 14.4 Å². The van der Waals surface area contributed by atoms with E-state index in [2.05, 4.69) is 10.1 Å². The maximum Gasteiger partial charge on any atom is 0.243 e. The van der Waals surface area contributed by atoms with Gasteiger partial charge >= 0.3 is 0 Å². The van der Waals surface area contributed by atoms with Gasteiger partial charge in [0.05, 0.1) is 11.4 Å². The predicted octanol–water partition coefficient (Wildman–Crippen LogP) is 3.66. The molecule has 0 aliphatic heterocycles. The van der Waals surface area contributed by atoms with Crippen LogP contribution in [0, 0.1) is 12.7 Å². The van der Waals surface area contributed by atoms with E-state index in [0.29, 0.717) is 22.0 Å². The molecule has 0 saturated heterocycles. The highest BCUT2D eigenvalue weighted by Crippen LogP contribution is 2.22. The molecule has 0 amide bonds. The van der Waals surface area contributed by atoms with Gasteiger partial charge in [0.15, 0.2) is 0 Å². The molecule has 6 nitrogen and oxygen atoms in total. The Hall–Kier alpha value is -2.29. The molecular formula is C17H15ClFN3O3S. The van der Waals surface area contributed by atoms with E-state index in [0.717, 1.165) is 10.4 Å². The topological polar surface area (TPSA) is 76.3 Å². The Morgan fingerprint density at radius 3 is 2.54 bits per heavy atom. The second kappa shape index (κ2) is 7.14. The van der Waals surface area contributed by atoms with Crippen LogP contribution in [0.5, 0.6) is 0 Å². The minimum Gasteiger partial charge on any atom is -0.338 e. The Bertz CT molecular complexity index is 1040. The van der Waals surface area contributed by atoms with Crippen molar-refractivity contribution in [1.29, 1.82) is 0 Å². The normalized spacial score (nSPS) is 11.9. The first-order valence-corrected chi connectivity index (χ1v) is 9.40. The van der Waals surface area contributed by atoms with Crippen LogP contribution in [0.25, 0.3) is 11.4 Å². The molecule has 0 N–H and O–H groups in total. The molecule has 0 atom stereocenters. The van der Waals surface area contributed by atoms with E-state index in [4.69, 9.17) is 16.1 Å². The number of halogens is 2. The lowest BCUT2D eigenvalue weighted by Gasteiger charge is -2.16. The Morgan fingerprint density at radius 2 is 1.88 bits per heavy atom. The van der Waals surface area contributed by atoms with E-state index in [1.54, 1.807) is 24.3 Å². The quantitative estimate of drug-likeness (QED) is 0.659. The Kier molecular flexibility index (Phi) is 5.08. The average molecular weight is 396 g/mol. The molecular weight excluding hydrogens is 381 g/mol. The van der Waals surface area contributed by atoms with Crippen LogP contribution < -0.4 is 0 Å². The first-order chi connectivity index (χ1) is 12.3. The van der Waals surface area contributed by atoms with E-state index >= 15 is 0 Å². The Morgan fingerprint density at radius 1 is 1.19 bits per heavy atom. The number of rotatable bonds is 5. The summed E-state index contributed by atoms with van der Waals surface area (Å²) in [6.45, 7) is 1.43. The maximum atomic E-state index is 13.2. The van der Waals surface area contributed by atoms with Crippen molar-refractivity contribution in [2.75, 3.05) is 7.05 Å². The van der Waals surface area contributed by atoms with Gasteiger partial charge in [-0.1, -0.05) is 16.8 Å². The first kappa shape index (κ1) is 18.5. The van der Waals surface area contributed by atoms with Crippen LogP contribution in [0.1, 0.15) is 11.5 Å². The van der Waals surface area contributed by atoms with Gasteiger partial charge in [-0.2, -0.15) is 9.29 Å². The van der Waals surface area contributed by atoms with Gasteiger partial charge in [-0.25, -0.2) is 12.8 Å². The van der Waals surface area contributed by atoms with Crippen LogP contribution in [0.3, 0.4) is 0 Å². The molecule has 0 saturated carbocycles. The predicted molar refractivity (Wildman–Crippen MR) is 94.5 cm³/mol. The summed E-state index contributed by atoms with van der Waals surface area (Å²) in [4.78, 5) is 4.23. The molecule has 1 heterocycles. The molecule has 2 aromatic carbocycles. The lowest BCUT2D eigenvalue weighted by Crippen LogP contribution is -2.27. The lowest BCUT2D eigenvalue weighted by atomic mass is 10.2. The zero-order valence-electron chi connectivity index (χ0n) is 14.0. The summed E-state index contributed by atoms with van der Waals surface area (Å²) in [6.07, 6.45) is 0. The highest BCUT2D eigenvalue weighted by molar-refractivity contribution is 7.89. The molecule has 0 fully saturated rings. The van der Waals surface area contributed by atoms with Crippen molar-refractivity contribution in [3.05, 3.63) is 64.8 Å². The summed E-state index contributed by atoms with van der Waals surface area (Å²) < 4.78 is 44.8. The SMILES string of the molecule is Cc1cc(F)ccc1S(=O)(=O)N(C)Cc1nc(-c2ccc(Cl)cc2)no1. The molecule has 3 aromatic rings. The fourth-order valence-electron chi connectivity index (χ4n) is 2.38. The lowest BCUT2D eigenvalue weighted by molar-refractivity contribution is 0.336. The van der Waals surface area contributed by atoms with Gasteiger partial charge < -0.3 is 4.52 Å². The Balaban J connectivity index is 1.81. The summed E-state index contributed by atoms with van der Waals surface area (Å²) in [7, 11) is -2.43. The number of aryl methyl sites for hydroxylation is 1. The molecule has 136 valence electrons. The van der Waals surface area contributed by atoms with Gasteiger partial charge in [-0.3, -0.25) is 0 Å². The molecule has 0 aliphatic rings. The van der Waals surface area contributed by atoms with E-state index in [9.17, 15) is 12.8 Å². The van der Waals surface area contributed by atoms with E-state index in [1.807, 2.05) is 0 Å². The van der Waals surface area contributed by atoms with Gasteiger partial charge in [0.1, 0.15) is 5.82 Å². The number of hydrogen-bond acceptors (Lipinski definition) is 5. The monoisotopic (exact) mass is 395 g/mol. The summed E-state index contributed by atoms with van der Waals surface area (Å²) in [6, 6.07) is 10.4. The third-order valence-electron chi connectivity index (χ3n) is 3.75. The van der Waals surface area contributed by atoms with Gasteiger partial charge in [-0.05, 0) is 55.0 Å². The largest absolute Gasteiger partial charge is 0.338 e. The van der Waals surface area contributed by atoms with Gasteiger partial charge in [0.25, 0.3) is 0 Å². The molecule has 3 rings (SSSR count). The summed E-state index contributed by atoms with van der Waals surface area (Å²) in [5.74, 6) is -0.0187. The number of nitrogens with zero attached hydrogens (tertiary/aromatic N) is 3. The van der Waals surface area contributed by atoms with Gasteiger partial charge in [0.2, 0.25) is 21.7 Å². The van der Waals surface area contributed by atoms with Crippen LogP contribution in [-0.4, -0.2) is 29.9 Å². The minimum atomic E-state index is -3.82. The standard InChI is InChI=1S/C17H15ClFN3O3S/c1-11-9-14(19)7-8-15(11)26(23,24)22(2)10-16-20-17(21-25-16)12-3-5-13(18)6-4-12/h3-9H,10H2,1-2H3. The maximum absolute atomic E-state index is 13.2. The molecule has 9 heteroatoms. The molecule has 0 bridgehead atoms. The second-order valence-electron chi connectivity index (χ2n) is 5.69. The number of hydrogen-bond donors (Lipinski definition) is 0. The molecule has 1 aromatic heterocycles. The highest BCUT2D eigenvalue weighted by Gasteiger charge is 2.25. The van der Waals surface area contributed by atoms with Gasteiger partial charge in [-0.15, -0.1) is 0 Å². The van der Waals surface area contributed by atoms with Crippen molar-refractivity contribution in [3.8, 4) is 11.4 Å². The summed E-state index contributed by atoms with van der Waals surface area (Å²) in [5.41, 5.74) is 1.02. The fraction of sp³-hybridized carbons (Fsp3) is 0.176. The summed E-state index contributed by atoms with van der Waals surface area (Å²) in [5, 5.41) is 4.43. The van der Waals surface area contributed by atoms with Crippen LogP contribution in [-0.2, 0) is 16.6 Å². The summed E-state index contributed by atoms with van der Waals surface area (Å²) >= 11 is 5.84. The smallest absolute Gasteiger partial charge is 0.243 e. The third kappa shape index (κ3) is 3.77. The van der Waals surface area contributed by atoms with Gasteiger partial charge in [0, 0.05) is 17.6 Å². The van der Waals surface area contributed by atoms with E-state index < -0.39 is 15.8 Å². The van der Waals surface area contributed by atoms with Crippen molar-refractivity contribution < 1.29 is 17.3 Å². The second-order valence-corrected chi connectivity index (χ2v) is 8.14. The molecule has 0 unspecified atom stereocenters. The number of sulfonamides is 1. The highest BCUT2D eigenvalue weighted by atomic mass is 35.5. The number of aromatic nitrogens is 2. The number of benzene rings is 2. The van der Waals surface area contributed by atoms with Crippen LogP contribution >= 0.6 is 11.6 Å². The molecule has 26 heavy (non-hydrogen) atoms. The van der Waals surface area contributed by atoms with Crippen molar-refractivity contribution >= 4 is 21.6 Å². The van der Waals surface area contributed by atoms with Crippen molar-refractivity contribution in [2.24, 2.45) is 0 Å². The van der Waals surface area contributed by atoms with Crippen LogP contribution in [0.2, 0.25) is 5.02 Å². The third-order valence-corrected chi connectivity index (χ3v) is 5.97. The van der Waals surface area contributed by atoms with Crippen molar-refractivity contribution in [2.45, 2.75) is 18.4 Å². The van der Waals surface area contributed by atoms with E-state index in [-0.39, 0.29) is 17.3 Å². The zero-order chi connectivity index (χ0) is 18.9. The fourth-order valence-corrected chi connectivity index (χ4v) is 3.83. The van der Waals surface area contributed by atoms with Crippen molar-refractivity contribution in [3.63, 3.8) is 0 Å². The first-order valence-electron chi connectivity index (χ1n) is 7.58. The molecule has 0 spiro atoms. The molecule has 0 radical (unpaired) electrons. The minimum absolute atomic E-state index is 0.0267. The average Bonchev–Trinajstić information content (AvgIpc) is 3.03. The Labute approximate surface area is 155 Å². The molecule has 0 aliphatic carbocycles. The van der Waals surface area contributed by atoms with E-state index in [1.165, 1.54) is 26.1 Å².